The van der Waals surface area contributed by atoms with Crippen LogP contribution >= 0.6 is 0 Å². The summed E-state index contributed by atoms with van der Waals surface area (Å²) >= 11 is 0. The SMILES string of the molecule is COC(=O)C(Cc1cccnc1)NC(=O)C(CC(C)(C)C)NC(=O)OCc1ccccc1.O=C(O)C(F)(F)F. The lowest BCUT2D eigenvalue weighted by atomic mass is 9.87. The normalized spacial score (nSPS) is 12.6. The van der Waals surface area contributed by atoms with E-state index < -0.39 is 42.2 Å². The summed E-state index contributed by atoms with van der Waals surface area (Å²) in [7, 11) is 1.26. The van der Waals surface area contributed by atoms with Crippen molar-refractivity contribution in [2.24, 2.45) is 5.41 Å². The fourth-order valence-electron chi connectivity index (χ4n) is 3.09. The molecule has 2 atom stereocenters. The molecule has 0 spiro atoms. The Morgan fingerprint density at radius 2 is 1.54 bits per heavy atom. The number of ether oxygens (including phenoxy) is 2. The van der Waals surface area contributed by atoms with Gasteiger partial charge in [0.15, 0.2) is 0 Å². The van der Waals surface area contributed by atoms with Crippen LogP contribution in [0.2, 0.25) is 0 Å². The van der Waals surface area contributed by atoms with Crippen molar-refractivity contribution in [2.45, 2.75) is 58.5 Å². The lowest BCUT2D eigenvalue weighted by Gasteiger charge is -2.27. The van der Waals surface area contributed by atoms with Crippen LogP contribution in [0.4, 0.5) is 18.0 Å². The Labute approximate surface area is 223 Å². The van der Waals surface area contributed by atoms with Crippen molar-refractivity contribution in [3.8, 4) is 0 Å². The zero-order valence-electron chi connectivity index (χ0n) is 21.9. The number of carbonyl (C=O) groups is 4. The van der Waals surface area contributed by atoms with Crippen LogP contribution in [0.5, 0.6) is 0 Å². The highest BCUT2D eigenvalue weighted by Gasteiger charge is 2.38. The number of pyridine rings is 1. The molecule has 2 amide bonds. The number of nitrogens with one attached hydrogen (secondary N) is 2. The van der Waals surface area contributed by atoms with Crippen molar-refractivity contribution in [2.75, 3.05) is 7.11 Å². The summed E-state index contributed by atoms with van der Waals surface area (Å²) in [5, 5.41) is 12.5. The van der Waals surface area contributed by atoms with Gasteiger partial charge in [0.05, 0.1) is 7.11 Å². The summed E-state index contributed by atoms with van der Waals surface area (Å²) in [4.78, 5) is 50.6. The number of amides is 2. The maximum atomic E-state index is 13.0. The first-order valence-corrected chi connectivity index (χ1v) is 11.7. The molecule has 2 aromatic rings. The van der Waals surface area contributed by atoms with E-state index in [4.69, 9.17) is 19.4 Å². The van der Waals surface area contributed by atoms with Crippen molar-refractivity contribution in [3.63, 3.8) is 0 Å². The number of alkyl halides is 3. The standard InChI is InChI=1S/C24H31N3O5.C2HF3O2/c1-24(2,3)14-20(27-23(30)32-16-17-9-6-5-7-10-17)21(28)26-19(22(29)31-4)13-18-11-8-12-25-15-18;3-2(4,5)1(6)7/h5-12,15,19-20H,13-14,16H2,1-4H3,(H,26,28)(H,27,30);(H,6,7). The van der Waals surface area contributed by atoms with E-state index >= 15 is 0 Å². The molecule has 0 bridgehead atoms. The third kappa shape index (κ3) is 13.8. The van der Waals surface area contributed by atoms with Gasteiger partial charge in [-0.25, -0.2) is 14.4 Å². The summed E-state index contributed by atoms with van der Waals surface area (Å²) < 4.78 is 41.8. The van der Waals surface area contributed by atoms with E-state index in [1.54, 1.807) is 24.5 Å². The van der Waals surface area contributed by atoms with E-state index in [2.05, 4.69) is 15.6 Å². The molecule has 2 unspecified atom stereocenters. The second-order valence-electron chi connectivity index (χ2n) is 9.48. The van der Waals surface area contributed by atoms with Crippen LogP contribution in [0.3, 0.4) is 0 Å². The number of rotatable bonds is 9. The van der Waals surface area contributed by atoms with Crippen LogP contribution in [-0.2, 0) is 36.9 Å². The molecule has 0 saturated heterocycles. The van der Waals surface area contributed by atoms with Crippen LogP contribution in [0.25, 0.3) is 0 Å². The molecule has 0 aliphatic rings. The predicted octanol–water partition coefficient (Wildman–Crippen LogP) is 3.65. The number of aromatic nitrogens is 1. The molecule has 0 aliphatic carbocycles. The number of methoxy groups -OCH3 is 1. The first kappa shape index (κ1) is 32.9. The second-order valence-corrected chi connectivity index (χ2v) is 9.48. The van der Waals surface area contributed by atoms with Gasteiger partial charge >= 0.3 is 24.2 Å². The summed E-state index contributed by atoms with van der Waals surface area (Å²) in [6, 6.07) is 11.0. The van der Waals surface area contributed by atoms with Crippen molar-refractivity contribution in [1.29, 1.82) is 0 Å². The zero-order chi connectivity index (χ0) is 29.6. The molecule has 0 fully saturated rings. The Hall–Kier alpha value is -4.16. The predicted molar refractivity (Wildman–Crippen MR) is 133 cm³/mol. The van der Waals surface area contributed by atoms with Gasteiger partial charge in [0.2, 0.25) is 5.91 Å². The monoisotopic (exact) mass is 555 g/mol. The number of aliphatic carboxylic acids is 1. The van der Waals surface area contributed by atoms with Crippen molar-refractivity contribution in [1.82, 2.24) is 15.6 Å². The minimum absolute atomic E-state index is 0.0856. The van der Waals surface area contributed by atoms with E-state index in [1.165, 1.54) is 7.11 Å². The molecule has 3 N–H and O–H groups in total. The third-order valence-corrected chi connectivity index (χ3v) is 4.85. The number of halogens is 3. The molecule has 10 nitrogen and oxygen atoms in total. The smallest absolute Gasteiger partial charge is 0.475 e. The molecule has 1 aromatic carbocycles. The number of hydrogen-bond acceptors (Lipinski definition) is 7. The molecule has 1 aromatic heterocycles. The number of hydrogen-bond donors (Lipinski definition) is 3. The molecule has 39 heavy (non-hydrogen) atoms. The van der Waals surface area contributed by atoms with Gasteiger partial charge in [-0.2, -0.15) is 13.2 Å². The van der Waals surface area contributed by atoms with Gasteiger partial charge in [-0.3, -0.25) is 9.78 Å². The molecular weight excluding hydrogens is 523 g/mol. The Morgan fingerprint density at radius 1 is 0.949 bits per heavy atom. The summed E-state index contributed by atoms with van der Waals surface area (Å²) in [6.45, 7) is 5.95. The Bertz CT molecular complexity index is 1080. The summed E-state index contributed by atoms with van der Waals surface area (Å²) in [5.74, 6) is -3.83. The molecule has 0 radical (unpaired) electrons. The number of nitrogens with zero attached hydrogens (tertiary/aromatic N) is 1. The van der Waals surface area contributed by atoms with Crippen molar-refractivity contribution >= 4 is 23.9 Å². The van der Waals surface area contributed by atoms with E-state index in [9.17, 15) is 27.6 Å². The highest BCUT2D eigenvalue weighted by Crippen LogP contribution is 2.21. The van der Waals surface area contributed by atoms with E-state index in [1.807, 2.05) is 51.1 Å². The number of benzene rings is 1. The molecule has 2 rings (SSSR count). The molecule has 1 heterocycles. The number of alkyl carbamates (subject to hydrolysis) is 1. The van der Waals surface area contributed by atoms with E-state index in [0.717, 1.165) is 11.1 Å². The van der Waals surface area contributed by atoms with Crippen LogP contribution in [0, 0.1) is 5.41 Å². The van der Waals surface area contributed by atoms with Gasteiger partial charge in [0.1, 0.15) is 18.7 Å². The van der Waals surface area contributed by atoms with Crippen LogP contribution in [-0.4, -0.2) is 59.4 Å². The fraction of sp³-hybridized carbons (Fsp3) is 0.423. The van der Waals surface area contributed by atoms with Crippen LogP contribution in [0.15, 0.2) is 54.9 Å². The van der Waals surface area contributed by atoms with Gasteiger partial charge in [0, 0.05) is 18.8 Å². The highest BCUT2D eigenvalue weighted by atomic mass is 19.4. The minimum atomic E-state index is -5.08. The maximum absolute atomic E-state index is 13.0. The highest BCUT2D eigenvalue weighted by molar-refractivity contribution is 5.89. The zero-order valence-corrected chi connectivity index (χ0v) is 21.9. The van der Waals surface area contributed by atoms with Gasteiger partial charge < -0.3 is 25.2 Å². The fourth-order valence-corrected chi connectivity index (χ4v) is 3.09. The number of carbonyl (C=O) groups excluding carboxylic acids is 3. The molecular formula is C26H32F3N3O7. The van der Waals surface area contributed by atoms with Crippen molar-refractivity contribution < 1.29 is 46.9 Å². The molecule has 214 valence electrons. The maximum Gasteiger partial charge on any atom is 0.490 e. The minimum Gasteiger partial charge on any atom is -0.475 e. The first-order chi connectivity index (χ1) is 18.1. The molecule has 13 heteroatoms. The summed E-state index contributed by atoms with van der Waals surface area (Å²) in [6.07, 6.45) is -1.99. The summed E-state index contributed by atoms with van der Waals surface area (Å²) in [5.41, 5.74) is 1.34. The number of carboxylic acid groups (broad SMARTS) is 1. The van der Waals surface area contributed by atoms with E-state index in [-0.39, 0.29) is 18.4 Å². The van der Waals surface area contributed by atoms with Crippen molar-refractivity contribution in [3.05, 3.63) is 66.0 Å². The average molecular weight is 556 g/mol. The Morgan fingerprint density at radius 3 is 2.03 bits per heavy atom. The Balaban J connectivity index is 0.000000956. The number of carboxylic acids is 1. The quantitative estimate of drug-likeness (QED) is 0.398. The van der Waals surface area contributed by atoms with Gasteiger partial charge in [-0.15, -0.1) is 0 Å². The largest absolute Gasteiger partial charge is 0.490 e. The number of esters is 1. The van der Waals surface area contributed by atoms with Gasteiger partial charge in [-0.05, 0) is 29.0 Å². The first-order valence-electron chi connectivity index (χ1n) is 11.7. The second kappa shape index (κ2) is 15.3. The lowest BCUT2D eigenvalue weighted by molar-refractivity contribution is -0.192. The molecule has 0 aliphatic heterocycles. The molecule has 0 saturated carbocycles. The van der Waals surface area contributed by atoms with E-state index in [0.29, 0.717) is 6.42 Å². The lowest BCUT2D eigenvalue weighted by Crippen LogP contribution is -2.53. The van der Waals surface area contributed by atoms with Crippen LogP contribution in [0.1, 0.15) is 38.3 Å². The topological polar surface area (TPSA) is 144 Å². The average Bonchev–Trinajstić information content (AvgIpc) is 2.86. The third-order valence-electron chi connectivity index (χ3n) is 4.85. The Kier molecular flexibility index (Phi) is 12.9. The van der Waals surface area contributed by atoms with Gasteiger partial charge in [0.25, 0.3) is 0 Å². The van der Waals surface area contributed by atoms with Crippen LogP contribution < -0.4 is 10.6 Å². The van der Waals surface area contributed by atoms with Gasteiger partial charge in [-0.1, -0.05) is 57.2 Å².